The Bertz CT molecular complexity index is 578. The van der Waals surface area contributed by atoms with Gasteiger partial charge in [0.05, 0.1) is 5.69 Å². The topological polar surface area (TPSA) is 34.0 Å². The van der Waals surface area contributed by atoms with Crippen LogP contribution in [0.25, 0.3) is 0 Å². The number of hydrogen-bond donors (Lipinski definition) is 1. The lowest BCUT2D eigenvalue weighted by Gasteiger charge is -2.07. The van der Waals surface area contributed by atoms with Gasteiger partial charge in [-0.2, -0.15) is 0 Å². The van der Waals surface area contributed by atoms with Gasteiger partial charge in [0.15, 0.2) is 0 Å². The van der Waals surface area contributed by atoms with Crippen molar-refractivity contribution >= 4 is 5.69 Å². The van der Waals surface area contributed by atoms with E-state index in [-0.39, 0.29) is 11.4 Å². The van der Waals surface area contributed by atoms with Crippen LogP contribution in [0.2, 0.25) is 0 Å². The lowest BCUT2D eigenvalue weighted by Crippen LogP contribution is -2.15. The molecule has 0 aliphatic carbocycles. The molecule has 0 aliphatic rings. The zero-order valence-corrected chi connectivity index (χ0v) is 9.48. The molecule has 3 nitrogen and oxygen atoms in total. The van der Waals surface area contributed by atoms with Crippen molar-refractivity contribution in [2.24, 2.45) is 7.05 Å². The number of aryl methyl sites for hydroxylation is 1. The van der Waals surface area contributed by atoms with Gasteiger partial charge in [0.25, 0.3) is 0 Å². The van der Waals surface area contributed by atoms with Crippen LogP contribution >= 0.6 is 0 Å². The molecule has 0 unspecified atom stereocenters. The maximum absolute atomic E-state index is 12.9. The van der Waals surface area contributed by atoms with E-state index in [9.17, 15) is 9.18 Å². The minimum Gasteiger partial charge on any atom is -0.380 e. The van der Waals surface area contributed by atoms with Gasteiger partial charge in [0.1, 0.15) is 5.82 Å². The molecule has 1 heterocycles. The van der Waals surface area contributed by atoms with Crippen molar-refractivity contribution in [2.45, 2.75) is 6.54 Å². The fourth-order valence-corrected chi connectivity index (χ4v) is 1.55. The van der Waals surface area contributed by atoms with E-state index < -0.39 is 0 Å². The molecule has 0 saturated carbocycles. The van der Waals surface area contributed by atoms with Gasteiger partial charge in [-0.1, -0.05) is 12.1 Å². The Balaban J connectivity index is 2.07. The van der Waals surface area contributed by atoms with Gasteiger partial charge >= 0.3 is 0 Å². The highest BCUT2D eigenvalue weighted by atomic mass is 19.1. The van der Waals surface area contributed by atoms with Crippen LogP contribution in [0.4, 0.5) is 10.1 Å². The van der Waals surface area contributed by atoms with Crippen LogP contribution in [0.5, 0.6) is 0 Å². The molecule has 88 valence electrons. The maximum Gasteiger partial charge on any atom is 0.250 e. The van der Waals surface area contributed by atoms with E-state index >= 15 is 0 Å². The van der Waals surface area contributed by atoms with Crippen molar-refractivity contribution in [3.63, 3.8) is 0 Å². The average molecular weight is 232 g/mol. The quantitative estimate of drug-likeness (QED) is 0.879. The van der Waals surface area contributed by atoms with Gasteiger partial charge in [0.2, 0.25) is 5.56 Å². The summed E-state index contributed by atoms with van der Waals surface area (Å²) in [5.74, 6) is -0.246. The predicted molar refractivity (Wildman–Crippen MR) is 65.4 cm³/mol. The predicted octanol–water partition coefficient (Wildman–Crippen LogP) is 2.14. The number of nitrogens with one attached hydrogen (secondary N) is 1. The number of hydrogen-bond acceptors (Lipinski definition) is 2. The van der Waals surface area contributed by atoms with E-state index in [0.29, 0.717) is 6.54 Å². The Kier molecular flexibility index (Phi) is 3.23. The van der Waals surface area contributed by atoms with Crippen LogP contribution in [0.3, 0.4) is 0 Å². The molecular weight excluding hydrogens is 219 g/mol. The van der Waals surface area contributed by atoms with Gasteiger partial charge in [-0.15, -0.1) is 0 Å². The van der Waals surface area contributed by atoms with E-state index in [1.807, 2.05) is 6.07 Å². The summed E-state index contributed by atoms with van der Waals surface area (Å²) in [5.41, 5.74) is 1.64. The zero-order valence-electron chi connectivity index (χ0n) is 9.48. The van der Waals surface area contributed by atoms with E-state index in [1.54, 1.807) is 25.4 Å². The van der Waals surface area contributed by atoms with Gasteiger partial charge < -0.3 is 9.88 Å². The Morgan fingerprint density at radius 2 is 2.12 bits per heavy atom. The largest absolute Gasteiger partial charge is 0.380 e. The van der Waals surface area contributed by atoms with Gasteiger partial charge in [0, 0.05) is 25.9 Å². The first-order chi connectivity index (χ1) is 8.15. The maximum atomic E-state index is 12.9. The second-order valence-corrected chi connectivity index (χ2v) is 3.85. The molecule has 17 heavy (non-hydrogen) atoms. The van der Waals surface area contributed by atoms with Crippen molar-refractivity contribution in [3.05, 3.63) is 64.3 Å². The molecule has 1 aromatic heterocycles. The summed E-state index contributed by atoms with van der Waals surface area (Å²) in [4.78, 5) is 11.2. The fraction of sp³-hybridized carbons (Fsp3) is 0.154. The number of benzene rings is 1. The molecule has 2 rings (SSSR count). The summed E-state index contributed by atoms with van der Waals surface area (Å²) in [6, 6.07) is 9.62. The fourth-order valence-electron chi connectivity index (χ4n) is 1.55. The van der Waals surface area contributed by atoms with Crippen molar-refractivity contribution in [1.82, 2.24) is 4.57 Å². The third-order valence-electron chi connectivity index (χ3n) is 2.47. The summed E-state index contributed by atoms with van der Waals surface area (Å²) in [6.45, 7) is 0.524. The van der Waals surface area contributed by atoms with Gasteiger partial charge in [-0.05, 0) is 23.8 Å². The summed E-state index contributed by atoms with van der Waals surface area (Å²) >= 11 is 0. The molecule has 0 atom stereocenters. The first-order valence-corrected chi connectivity index (χ1v) is 5.30. The Labute approximate surface area is 98.5 Å². The third-order valence-corrected chi connectivity index (χ3v) is 2.47. The van der Waals surface area contributed by atoms with Crippen molar-refractivity contribution in [1.29, 1.82) is 0 Å². The number of rotatable bonds is 3. The first-order valence-electron chi connectivity index (χ1n) is 5.30. The van der Waals surface area contributed by atoms with E-state index in [2.05, 4.69) is 5.32 Å². The number of halogens is 1. The highest BCUT2D eigenvalue weighted by molar-refractivity contribution is 5.41. The van der Waals surface area contributed by atoms with E-state index in [1.165, 1.54) is 22.8 Å². The van der Waals surface area contributed by atoms with Crippen LogP contribution in [0.1, 0.15) is 5.56 Å². The molecule has 0 radical (unpaired) electrons. The molecule has 2 aromatic rings. The van der Waals surface area contributed by atoms with Crippen LogP contribution < -0.4 is 10.9 Å². The third kappa shape index (κ3) is 2.93. The Hall–Kier alpha value is -2.10. The van der Waals surface area contributed by atoms with Crippen molar-refractivity contribution in [2.75, 3.05) is 5.32 Å². The Morgan fingerprint density at radius 3 is 2.82 bits per heavy atom. The average Bonchev–Trinajstić information content (AvgIpc) is 2.31. The highest BCUT2D eigenvalue weighted by Crippen LogP contribution is 2.08. The summed E-state index contributed by atoms with van der Waals surface area (Å²) < 4.78 is 14.4. The molecule has 0 spiro atoms. The zero-order chi connectivity index (χ0) is 12.3. The Morgan fingerprint density at radius 1 is 1.29 bits per heavy atom. The molecule has 0 bridgehead atoms. The molecule has 0 amide bonds. The van der Waals surface area contributed by atoms with Crippen LogP contribution in [-0.4, -0.2) is 4.57 Å². The molecule has 1 aromatic carbocycles. The van der Waals surface area contributed by atoms with Gasteiger partial charge in [-0.3, -0.25) is 4.79 Å². The lowest BCUT2D eigenvalue weighted by molar-refractivity contribution is 0.626. The SMILES string of the molecule is Cn1cc(NCc2cccc(F)c2)ccc1=O. The molecule has 4 heteroatoms. The molecule has 0 saturated heterocycles. The number of anilines is 1. The number of aromatic nitrogens is 1. The molecular formula is C13H13FN2O. The molecule has 0 fully saturated rings. The lowest BCUT2D eigenvalue weighted by atomic mass is 10.2. The second kappa shape index (κ2) is 4.82. The highest BCUT2D eigenvalue weighted by Gasteiger charge is 1.97. The van der Waals surface area contributed by atoms with Crippen LogP contribution in [0, 0.1) is 5.82 Å². The van der Waals surface area contributed by atoms with E-state index in [0.717, 1.165) is 11.3 Å². The minimum absolute atomic E-state index is 0.0543. The molecule has 1 N–H and O–H groups in total. The summed E-state index contributed by atoms with van der Waals surface area (Å²) in [7, 11) is 1.69. The van der Waals surface area contributed by atoms with Crippen molar-refractivity contribution < 1.29 is 4.39 Å². The molecule has 0 aliphatic heterocycles. The van der Waals surface area contributed by atoms with Gasteiger partial charge in [-0.25, -0.2) is 4.39 Å². The summed E-state index contributed by atoms with van der Waals surface area (Å²) in [6.07, 6.45) is 1.71. The normalized spacial score (nSPS) is 10.2. The van der Waals surface area contributed by atoms with Crippen LogP contribution in [-0.2, 0) is 13.6 Å². The second-order valence-electron chi connectivity index (χ2n) is 3.85. The van der Waals surface area contributed by atoms with Crippen molar-refractivity contribution in [3.8, 4) is 0 Å². The smallest absolute Gasteiger partial charge is 0.250 e. The minimum atomic E-state index is -0.246. The van der Waals surface area contributed by atoms with E-state index in [4.69, 9.17) is 0 Å². The van der Waals surface area contributed by atoms with Crippen LogP contribution in [0.15, 0.2) is 47.4 Å². The number of pyridine rings is 1. The number of nitrogens with zero attached hydrogens (tertiary/aromatic N) is 1. The summed E-state index contributed by atoms with van der Waals surface area (Å²) in [5, 5.41) is 3.13. The standard InChI is InChI=1S/C13H13FN2O/c1-16-9-12(5-6-13(16)17)15-8-10-3-2-4-11(14)7-10/h2-7,9,15H,8H2,1H3. The first kappa shape index (κ1) is 11.4. The monoisotopic (exact) mass is 232 g/mol.